The fourth-order valence-electron chi connectivity index (χ4n) is 3.28. The smallest absolute Gasteiger partial charge is 0.386 e. The molecule has 3 rings (SSSR count). The van der Waals surface area contributed by atoms with Crippen LogP contribution in [-0.4, -0.2) is 19.4 Å². The number of halogens is 7. The number of alkyl halides is 7. The minimum absolute atomic E-state index is 0.281. The molecular weight excluding hydrogens is 531 g/mol. The zero-order valence-electron chi connectivity index (χ0n) is 14.5. The van der Waals surface area contributed by atoms with Crippen LogP contribution in [0.4, 0.5) is 26.3 Å². The Morgan fingerprint density at radius 1 is 1.03 bits per heavy atom. The molecule has 2 aromatic carbocycles. The summed E-state index contributed by atoms with van der Waals surface area (Å²) in [7, 11) is 0. The Kier molecular flexibility index (Phi) is 5.41. The summed E-state index contributed by atoms with van der Waals surface area (Å²) in [5.74, 6) is -0.942. The highest BCUT2D eigenvalue weighted by Crippen LogP contribution is 2.53. The third-order valence-corrected chi connectivity index (χ3v) is 6.46. The summed E-state index contributed by atoms with van der Waals surface area (Å²) < 4.78 is 76.1. The van der Waals surface area contributed by atoms with Gasteiger partial charge in [-0.25, -0.2) is 0 Å². The Labute approximate surface area is 178 Å². The molecule has 2 N–H and O–H groups in total. The van der Waals surface area contributed by atoms with Crippen LogP contribution in [0.1, 0.15) is 50.4 Å². The molecule has 0 aromatic heterocycles. The fraction of sp³-hybridized carbons (Fsp3) is 0.263. The average molecular weight is 541 g/mol. The third-order valence-electron chi connectivity index (χ3n) is 4.79. The summed E-state index contributed by atoms with van der Waals surface area (Å²) in [6.07, 6.45) is -13.6. The van der Waals surface area contributed by atoms with Gasteiger partial charge in [0.2, 0.25) is 0 Å². The highest BCUT2D eigenvalue weighted by Gasteiger charge is 2.56. The van der Waals surface area contributed by atoms with Gasteiger partial charge in [0.1, 0.15) is 15.6 Å². The molecule has 3 unspecified atom stereocenters. The van der Waals surface area contributed by atoms with E-state index in [2.05, 4.69) is 0 Å². The van der Waals surface area contributed by atoms with Crippen molar-refractivity contribution in [3.8, 4) is 6.07 Å². The lowest BCUT2D eigenvalue weighted by molar-refractivity contribution is -0.138. The van der Waals surface area contributed by atoms with Gasteiger partial charge in [0.15, 0.2) is 5.78 Å². The number of aliphatic hydroxyl groups excluding tert-OH is 2. The fourth-order valence-corrected chi connectivity index (χ4v) is 4.27. The lowest BCUT2D eigenvalue weighted by Crippen LogP contribution is -2.39. The minimum atomic E-state index is -4.86. The first-order valence-corrected chi connectivity index (χ1v) is 9.22. The van der Waals surface area contributed by atoms with Crippen molar-refractivity contribution in [3.05, 3.63) is 69.8 Å². The molecule has 11 heteroatoms. The summed E-state index contributed by atoms with van der Waals surface area (Å²) in [4.78, 5) is 12.8. The molecule has 30 heavy (non-hydrogen) atoms. The maximum Gasteiger partial charge on any atom is 0.416 e. The standard InChI is InChI=1S/C19H10F6INO3/c20-18(21,22)10-1-2-12-13(6-10)16(30)17(26,15(12)29)14(28)9-3-8(7-27)4-11(5-9)19(23,24)25/h1-6,14,16,28,30H. The van der Waals surface area contributed by atoms with Crippen LogP contribution < -0.4 is 0 Å². The van der Waals surface area contributed by atoms with Crippen LogP contribution >= 0.6 is 22.6 Å². The summed E-state index contributed by atoms with van der Waals surface area (Å²) in [6.45, 7) is 0. The van der Waals surface area contributed by atoms with Crippen LogP contribution in [0.15, 0.2) is 36.4 Å². The Balaban J connectivity index is 2.11. The number of nitrogens with zero attached hydrogens (tertiary/aromatic N) is 1. The van der Waals surface area contributed by atoms with Crippen molar-refractivity contribution in [1.29, 1.82) is 5.26 Å². The average Bonchev–Trinajstić information content (AvgIpc) is 2.87. The van der Waals surface area contributed by atoms with Gasteiger partial charge in [0, 0.05) is 5.56 Å². The van der Waals surface area contributed by atoms with Crippen molar-refractivity contribution in [1.82, 2.24) is 0 Å². The van der Waals surface area contributed by atoms with Crippen molar-refractivity contribution >= 4 is 28.4 Å². The molecule has 3 atom stereocenters. The normalized spacial score (nSPS) is 22.5. The van der Waals surface area contributed by atoms with Gasteiger partial charge in [-0.05, 0) is 41.5 Å². The summed E-state index contributed by atoms with van der Waals surface area (Å²) >= 11 is 1.34. The number of hydrogen-bond acceptors (Lipinski definition) is 4. The Hall–Kier alpha value is -2.17. The molecule has 4 nitrogen and oxygen atoms in total. The van der Waals surface area contributed by atoms with Crippen molar-refractivity contribution in [2.45, 2.75) is 28.0 Å². The van der Waals surface area contributed by atoms with Crippen molar-refractivity contribution < 1.29 is 41.4 Å². The summed E-state index contributed by atoms with van der Waals surface area (Å²) in [5.41, 5.74) is -3.99. The third kappa shape index (κ3) is 3.57. The van der Waals surface area contributed by atoms with Gasteiger partial charge >= 0.3 is 12.4 Å². The zero-order chi connectivity index (χ0) is 22.6. The molecule has 0 heterocycles. The number of rotatable bonds is 2. The zero-order valence-corrected chi connectivity index (χ0v) is 16.7. The van der Waals surface area contributed by atoms with Crippen LogP contribution in [0.3, 0.4) is 0 Å². The van der Waals surface area contributed by atoms with Gasteiger partial charge in [-0.3, -0.25) is 4.79 Å². The highest BCUT2D eigenvalue weighted by atomic mass is 127. The van der Waals surface area contributed by atoms with E-state index in [-0.39, 0.29) is 5.56 Å². The first-order chi connectivity index (χ1) is 13.7. The molecule has 0 radical (unpaired) electrons. The number of benzene rings is 2. The number of nitriles is 1. The van der Waals surface area contributed by atoms with E-state index in [9.17, 15) is 41.4 Å². The second-order valence-electron chi connectivity index (χ2n) is 6.66. The Morgan fingerprint density at radius 2 is 1.63 bits per heavy atom. The van der Waals surface area contributed by atoms with E-state index in [4.69, 9.17) is 5.26 Å². The molecule has 0 saturated heterocycles. The van der Waals surface area contributed by atoms with Gasteiger partial charge in [0.25, 0.3) is 0 Å². The van der Waals surface area contributed by atoms with Crippen LogP contribution in [-0.2, 0) is 12.4 Å². The maximum atomic E-state index is 13.1. The van der Waals surface area contributed by atoms with Crippen LogP contribution in [0.2, 0.25) is 0 Å². The minimum Gasteiger partial charge on any atom is -0.386 e. The predicted molar refractivity (Wildman–Crippen MR) is 98.6 cm³/mol. The van der Waals surface area contributed by atoms with Crippen LogP contribution in [0.25, 0.3) is 0 Å². The number of carbonyl (C=O) groups is 1. The van der Waals surface area contributed by atoms with E-state index in [1.165, 1.54) is 28.7 Å². The molecule has 1 aliphatic rings. The first kappa shape index (κ1) is 22.5. The van der Waals surface area contributed by atoms with Gasteiger partial charge in [-0.1, -0.05) is 28.7 Å². The van der Waals surface area contributed by atoms with E-state index in [0.717, 1.165) is 12.1 Å². The maximum absolute atomic E-state index is 13.1. The molecule has 158 valence electrons. The number of aliphatic hydroxyl groups is 2. The molecule has 0 bridgehead atoms. The largest absolute Gasteiger partial charge is 0.416 e. The lowest BCUT2D eigenvalue weighted by atomic mass is 9.88. The van der Waals surface area contributed by atoms with E-state index < -0.39 is 61.6 Å². The Bertz CT molecular complexity index is 1080. The van der Waals surface area contributed by atoms with E-state index in [1.54, 1.807) is 0 Å². The number of fused-ring (bicyclic) bond motifs is 1. The van der Waals surface area contributed by atoms with Crippen molar-refractivity contribution in [3.63, 3.8) is 0 Å². The highest BCUT2D eigenvalue weighted by molar-refractivity contribution is 14.1. The first-order valence-electron chi connectivity index (χ1n) is 8.14. The molecular formula is C19H10F6INO3. The lowest BCUT2D eigenvalue weighted by Gasteiger charge is -2.31. The second-order valence-corrected chi connectivity index (χ2v) is 8.44. The molecule has 2 aromatic rings. The van der Waals surface area contributed by atoms with Crippen LogP contribution in [0.5, 0.6) is 0 Å². The van der Waals surface area contributed by atoms with Gasteiger partial charge in [-0.2, -0.15) is 31.6 Å². The Morgan fingerprint density at radius 3 is 2.17 bits per heavy atom. The number of Topliss-reactive ketones (excluding diaryl/α,β-unsaturated/α-hetero) is 1. The molecule has 0 fully saturated rings. The SMILES string of the molecule is N#Cc1cc(C(O)C2(I)C(=O)c3ccc(C(F)(F)F)cc3C2O)cc(C(F)(F)F)c1. The summed E-state index contributed by atoms with van der Waals surface area (Å²) in [5, 5.41) is 30.3. The van der Waals surface area contributed by atoms with Gasteiger partial charge in [-0.15, -0.1) is 0 Å². The van der Waals surface area contributed by atoms with E-state index in [1.807, 2.05) is 0 Å². The van der Waals surface area contributed by atoms with E-state index >= 15 is 0 Å². The molecule has 0 amide bonds. The van der Waals surface area contributed by atoms with Crippen LogP contribution in [0, 0.1) is 11.3 Å². The van der Waals surface area contributed by atoms with Crippen molar-refractivity contribution in [2.75, 3.05) is 0 Å². The van der Waals surface area contributed by atoms with Gasteiger partial charge < -0.3 is 10.2 Å². The molecule has 1 aliphatic carbocycles. The summed E-state index contributed by atoms with van der Waals surface area (Å²) in [6, 6.07) is 5.56. The van der Waals surface area contributed by atoms with Crippen molar-refractivity contribution in [2.24, 2.45) is 0 Å². The number of ketones is 1. The molecule has 0 saturated carbocycles. The second kappa shape index (κ2) is 7.21. The van der Waals surface area contributed by atoms with Gasteiger partial charge in [0.05, 0.1) is 22.8 Å². The topological polar surface area (TPSA) is 81.3 Å². The predicted octanol–water partition coefficient (Wildman–Crippen LogP) is 4.73. The van der Waals surface area contributed by atoms with E-state index in [0.29, 0.717) is 24.3 Å². The quantitative estimate of drug-likeness (QED) is 0.328. The number of carbonyl (C=O) groups excluding carboxylic acids is 1. The monoisotopic (exact) mass is 541 g/mol. The number of hydrogen-bond donors (Lipinski definition) is 2. The molecule has 0 aliphatic heterocycles. The molecule has 0 spiro atoms.